The predicted octanol–water partition coefficient (Wildman–Crippen LogP) is 3.39. The molecule has 1 aromatic carbocycles. The standard InChI is InChI=1S/C19H23N5O/c1-4-17-20-10-11-23(17)13-19(25)21-18-12-16(14(2)3)22-24(18)15-8-6-5-7-9-15/h5-12,14H,4,13H2,1-3H3,(H,21,25). The van der Waals surface area contributed by atoms with Gasteiger partial charge < -0.3 is 9.88 Å². The Labute approximate surface area is 147 Å². The summed E-state index contributed by atoms with van der Waals surface area (Å²) in [4.78, 5) is 16.8. The number of para-hydroxylation sites is 1. The number of aryl methyl sites for hydroxylation is 1. The molecule has 6 nitrogen and oxygen atoms in total. The summed E-state index contributed by atoms with van der Waals surface area (Å²) in [5.41, 5.74) is 1.86. The molecule has 0 aliphatic carbocycles. The zero-order valence-corrected chi connectivity index (χ0v) is 14.8. The molecule has 3 aromatic rings. The third-order valence-corrected chi connectivity index (χ3v) is 4.02. The molecule has 0 fully saturated rings. The Kier molecular flexibility index (Phi) is 4.97. The number of imidazole rings is 1. The summed E-state index contributed by atoms with van der Waals surface area (Å²) in [6, 6.07) is 11.7. The Morgan fingerprint density at radius 3 is 2.68 bits per heavy atom. The van der Waals surface area contributed by atoms with Crippen LogP contribution in [0.1, 0.15) is 38.2 Å². The highest BCUT2D eigenvalue weighted by molar-refractivity contribution is 5.90. The van der Waals surface area contributed by atoms with E-state index >= 15 is 0 Å². The molecule has 0 aliphatic rings. The van der Waals surface area contributed by atoms with Crippen molar-refractivity contribution < 1.29 is 4.79 Å². The summed E-state index contributed by atoms with van der Waals surface area (Å²) in [5, 5.41) is 7.63. The van der Waals surface area contributed by atoms with E-state index in [1.54, 1.807) is 10.9 Å². The molecule has 25 heavy (non-hydrogen) atoms. The normalized spacial score (nSPS) is 11.0. The van der Waals surface area contributed by atoms with E-state index in [2.05, 4.69) is 29.2 Å². The van der Waals surface area contributed by atoms with E-state index < -0.39 is 0 Å². The number of carbonyl (C=O) groups is 1. The molecule has 0 bridgehead atoms. The lowest BCUT2D eigenvalue weighted by molar-refractivity contribution is -0.116. The van der Waals surface area contributed by atoms with Gasteiger partial charge in [0.15, 0.2) is 0 Å². The molecule has 2 heterocycles. The van der Waals surface area contributed by atoms with E-state index in [0.29, 0.717) is 5.82 Å². The number of hydrogen-bond donors (Lipinski definition) is 1. The Bertz CT molecular complexity index is 848. The number of aromatic nitrogens is 4. The van der Waals surface area contributed by atoms with Crippen molar-refractivity contribution in [2.45, 2.75) is 39.7 Å². The quantitative estimate of drug-likeness (QED) is 0.750. The summed E-state index contributed by atoms with van der Waals surface area (Å²) in [5.74, 6) is 1.76. The van der Waals surface area contributed by atoms with Crippen LogP contribution in [-0.4, -0.2) is 25.2 Å². The fourth-order valence-electron chi connectivity index (χ4n) is 2.67. The van der Waals surface area contributed by atoms with Crippen molar-refractivity contribution in [1.82, 2.24) is 19.3 Å². The van der Waals surface area contributed by atoms with Crippen molar-refractivity contribution >= 4 is 11.7 Å². The van der Waals surface area contributed by atoms with Crippen LogP contribution in [0, 0.1) is 0 Å². The molecule has 0 saturated heterocycles. The molecular weight excluding hydrogens is 314 g/mol. The van der Waals surface area contributed by atoms with Crippen LogP contribution in [-0.2, 0) is 17.8 Å². The Morgan fingerprint density at radius 2 is 2.00 bits per heavy atom. The lowest BCUT2D eigenvalue weighted by Crippen LogP contribution is -2.21. The molecule has 130 valence electrons. The van der Waals surface area contributed by atoms with Gasteiger partial charge in [-0.2, -0.15) is 5.10 Å². The number of hydrogen-bond acceptors (Lipinski definition) is 3. The van der Waals surface area contributed by atoms with Crippen molar-refractivity contribution in [3.8, 4) is 5.69 Å². The van der Waals surface area contributed by atoms with Gasteiger partial charge in [0.2, 0.25) is 5.91 Å². The van der Waals surface area contributed by atoms with Gasteiger partial charge in [0.1, 0.15) is 18.2 Å². The molecule has 1 N–H and O–H groups in total. The summed E-state index contributed by atoms with van der Waals surface area (Å²) in [6.07, 6.45) is 4.34. The van der Waals surface area contributed by atoms with Crippen LogP contribution < -0.4 is 5.32 Å². The number of amides is 1. The number of rotatable bonds is 6. The van der Waals surface area contributed by atoms with Gasteiger partial charge in [-0.1, -0.05) is 39.0 Å². The first-order valence-electron chi connectivity index (χ1n) is 8.53. The maximum Gasteiger partial charge on any atom is 0.245 e. The highest BCUT2D eigenvalue weighted by Crippen LogP contribution is 2.22. The summed E-state index contributed by atoms with van der Waals surface area (Å²) in [7, 11) is 0. The van der Waals surface area contributed by atoms with Gasteiger partial charge in [-0.15, -0.1) is 0 Å². The molecule has 1 amide bonds. The average Bonchev–Trinajstić information content (AvgIpc) is 3.22. The second-order valence-corrected chi connectivity index (χ2v) is 6.23. The van der Waals surface area contributed by atoms with Crippen LogP contribution in [0.2, 0.25) is 0 Å². The smallest absolute Gasteiger partial charge is 0.245 e. The number of nitrogens with one attached hydrogen (secondary N) is 1. The Balaban J connectivity index is 1.85. The third-order valence-electron chi connectivity index (χ3n) is 4.02. The van der Waals surface area contributed by atoms with Gasteiger partial charge in [0.05, 0.1) is 11.4 Å². The predicted molar refractivity (Wildman–Crippen MR) is 97.9 cm³/mol. The molecule has 0 saturated carbocycles. The number of carbonyl (C=O) groups excluding carboxylic acids is 1. The molecule has 3 rings (SSSR count). The fraction of sp³-hybridized carbons (Fsp3) is 0.316. The molecule has 0 aliphatic heterocycles. The minimum atomic E-state index is -0.0971. The monoisotopic (exact) mass is 337 g/mol. The average molecular weight is 337 g/mol. The molecular formula is C19H23N5O. The maximum absolute atomic E-state index is 12.5. The molecule has 0 atom stereocenters. The largest absolute Gasteiger partial charge is 0.326 e. The summed E-state index contributed by atoms with van der Waals surface area (Å²) >= 11 is 0. The minimum Gasteiger partial charge on any atom is -0.326 e. The zero-order valence-electron chi connectivity index (χ0n) is 14.8. The zero-order chi connectivity index (χ0) is 17.8. The number of nitrogens with zero attached hydrogens (tertiary/aromatic N) is 4. The topological polar surface area (TPSA) is 64.7 Å². The first-order chi connectivity index (χ1) is 12.1. The molecule has 0 unspecified atom stereocenters. The third kappa shape index (κ3) is 3.79. The molecule has 6 heteroatoms. The Hall–Kier alpha value is -2.89. The van der Waals surface area contributed by atoms with Gasteiger partial charge in [-0.05, 0) is 18.1 Å². The Morgan fingerprint density at radius 1 is 1.24 bits per heavy atom. The highest BCUT2D eigenvalue weighted by Gasteiger charge is 2.15. The van der Waals surface area contributed by atoms with Crippen LogP contribution in [0.5, 0.6) is 0 Å². The van der Waals surface area contributed by atoms with Gasteiger partial charge in [-0.3, -0.25) is 4.79 Å². The van der Waals surface area contributed by atoms with Crippen molar-refractivity contribution in [3.63, 3.8) is 0 Å². The van der Waals surface area contributed by atoms with Crippen molar-refractivity contribution in [3.05, 3.63) is 60.3 Å². The number of anilines is 1. The number of benzene rings is 1. The highest BCUT2D eigenvalue weighted by atomic mass is 16.2. The van der Waals surface area contributed by atoms with E-state index in [1.165, 1.54) is 0 Å². The van der Waals surface area contributed by atoms with E-state index in [0.717, 1.165) is 23.6 Å². The molecule has 2 aromatic heterocycles. The SMILES string of the molecule is CCc1nccn1CC(=O)Nc1cc(C(C)C)nn1-c1ccccc1. The lowest BCUT2D eigenvalue weighted by atomic mass is 10.1. The van der Waals surface area contributed by atoms with Crippen molar-refractivity contribution in [1.29, 1.82) is 0 Å². The minimum absolute atomic E-state index is 0.0971. The van der Waals surface area contributed by atoms with E-state index in [9.17, 15) is 4.79 Å². The maximum atomic E-state index is 12.5. The molecule has 0 radical (unpaired) electrons. The van der Waals surface area contributed by atoms with Crippen LogP contribution >= 0.6 is 0 Å². The second kappa shape index (κ2) is 7.34. The fourth-order valence-corrected chi connectivity index (χ4v) is 2.67. The van der Waals surface area contributed by atoms with Gasteiger partial charge in [0.25, 0.3) is 0 Å². The van der Waals surface area contributed by atoms with Crippen LogP contribution in [0.3, 0.4) is 0 Å². The van der Waals surface area contributed by atoms with Crippen LogP contribution in [0.25, 0.3) is 5.69 Å². The van der Waals surface area contributed by atoms with E-state index in [1.807, 2.05) is 54.1 Å². The lowest BCUT2D eigenvalue weighted by Gasteiger charge is -2.10. The van der Waals surface area contributed by atoms with Gasteiger partial charge >= 0.3 is 0 Å². The van der Waals surface area contributed by atoms with Crippen LogP contribution in [0.4, 0.5) is 5.82 Å². The van der Waals surface area contributed by atoms with Crippen molar-refractivity contribution in [2.75, 3.05) is 5.32 Å². The second-order valence-electron chi connectivity index (χ2n) is 6.23. The van der Waals surface area contributed by atoms with Crippen LogP contribution in [0.15, 0.2) is 48.8 Å². The first kappa shape index (κ1) is 17.0. The van der Waals surface area contributed by atoms with Gasteiger partial charge in [0, 0.05) is 24.9 Å². The summed E-state index contributed by atoms with van der Waals surface area (Å²) in [6.45, 7) is 6.43. The molecule has 0 spiro atoms. The van der Waals surface area contributed by atoms with E-state index in [-0.39, 0.29) is 18.4 Å². The van der Waals surface area contributed by atoms with Crippen molar-refractivity contribution in [2.24, 2.45) is 0 Å². The summed E-state index contributed by atoms with van der Waals surface area (Å²) < 4.78 is 3.64. The van der Waals surface area contributed by atoms with Gasteiger partial charge in [-0.25, -0.2) is 9.67 Å². The first-order valence-corrected chi connectivity index (χ1v) is 8.53. The van der Waals surface area contributed by atoms with E-state index in [4.69, 9.17) is 0 Å².